The Labute approximate surface area is 163 Å². The summed E-state index contributed by atoms with van der Waals surface area (Å²) in [5.74, 6) is 0. The average Bonchev–Trinajstić information content (AvgIpc) is 3.12. The third-order valence-electron chi connectivity index (χ3n) is 4.87. The van der Waals surface area contributed by atoms with Crippen molar-refractivity contribution in [2.75, 3.05) is 6.61 Å². The number of fused-ring (bicyclic) bond motifs is 2. The molecule has 28 heavy (non-hydrogen) atoms. The van der Waals surface area contributed by atoms with Gasteiger partial charge in [0.25, 0.3) is 10.1 Å². The van der Waals surface area contributed by atoms with Crippen molar-refractivity contribution in [2.45, 2.75) is 49.1 Å². The van der Waals surface area contributed by atoms with E-state index < -0.39 is 40.8 Å². The molecule has 2 aliphatic heterocycles. The molecule has 4 rings (SSSR count). The molecule has 0 saturated carbocycles. The normalized spacial score (nSPS) is 29.7. The molecule has 2 aromatic carbocycles. The second-order valence-corrected chi connectivity index (χ2v) is 8.53. The Morgan fingerprint density at radius 3 is 2.50 bits per heavy atom. The van der Waals surface area contributed by atoms with Gasteiger partial charge in [0, 0.05) is 0 Å². The largest absolute Gasteiger partial charge is 0.387 e. The highest BCUT2D eigenvalue weighted by atomic mass is 32.2. The summed E-state index contributed by atoms with van der Waals surface area (Å²) in [5, 5.41) is 10.8. The molecule has 5 unspecified atom stereocenters. The van der Waals surface area contributed by atoms with Gasteiger partial charge in [0.1, 0.15) is 18.3 Å². The monoisotopic (exact) mass is 406 g/mol. The molecule has 0 radical (unpaired) electrons. The number of benzene rings is 2. The first kappa shape index (κ1) is 19.5. The van der Waals surface area contributed by atoms with Crippen molar-refractivity contribution in [3.63, 3.8) is 0 Å². The number of aliphatic hydroxyl groups excluding tert-OH is 1. The Bertz CT molecular complexity index is 898. The first-order chi connectivity index (χ1) is 13.4. The highest BCUT2D eigenvalue weighted by molar-refractivity contribution is 7.86. The maximum atomic E-state index is 12.6. The summed E-state index contributed by atoms with van der Waals surface area (Å²) in [6, 6.07) is 15.8. The van der Waals surface area contributed by atoms with Crippen LogP contribution in [0.25, 0.3) is 0 Å². The van der Waals surface area contributed by atoms with Crippen LogP contribution in [0, 0.1) is 6.92 Å². The highest BCUT2D eigenvalue weighted by Gasteiger charge is 2.53. The van der Waals surface area contributed by atoms with Crippen molar-refractivity contribution in [1.82, 2.24) is 0 Å². The second kappa shape index (κ2) is 7.90. The number of hydrogen-bond donors (Lipinski definition) is 1. The minimum Gasteiger partial charge on any atom is -0.387 e. The van der Waals surface area contributed by atoms with Crippen LogP contribution in [0.2, 0.25) is 0 Å². The van der Waals surface area contributed by atoms with Gasteiger partial charge in [0.15, 0.2) is 12.4 Å². The Balaban J connectivity index is 1.49. The molecule has 0 amide bonds. The lowest BCUT2D eigenvalue weighted by Gasteiger charge is -2.37. The van der Waals surface area contributed by atoms with Crippen LogP contribution >= 0.6 is 0 Å². The molecule has 2 bridgehead atoms. The van der Waals surface area contributed by atoms with E-state index in [1.807, 2.05) is 37.3 Å². The second-order valence-electron chi connectivity index (χ2n) is 6.96. The number of aryl methyl sites for hydroxylation is 1. The zero-order valence-corrected chi connectivity index (χ0v) is 16.1. The minimum atomic E-state index is -4.10. The van der Waals surface area contributed by atoms with Gasteiger partial charge in [-0.3, -0.25) is 4.18 Å². The van der Waals surface area contributed by atoms with Crippen LogP contribution in [-0.2, 0) is 35.1 Å². The van der Waals surface area contributed by atoms with Crippen molar-refractivity contribution < 1.29 is 31.9 Å². The zero-order valence-electron chi connectivity index (χ0n) is 15.3. The predicted octanol–water partition coefficient (Wildman–Crippen LogP) is 1.77. The lowest BCUT2D eigenvalue weighted by atomic mass is 10.0. The minimum absolute atomic E-state index is 0.00664. The Morgan fingerprint density at radius 1 is 1.07 bits per heavy atom. The molecule has 2 heterocycles. The molecule has 1 N–H and O–H groups in total. The summed E-state index contributed by atoms with van der Waals surface area (Å²) in [6.45, 7) is 2.31. The first-order valence-electron chi connectivity index (χ1n) is 9.05. The summed E-state index contributed by atoms with van der Waals surface area (Å²) in [7, 11) is -4.10. The number of hydrogen-bond acceptors (Lipinski definition) is 7. The van der Waals surface area contributed by atoms with E-state index in [-0.39, 0.29) is 18.1 Å². The van der Waals surface area contributed by atoms with Crippen LogP contribution in [0.15, 0.2) is 59.5 Å². The quantitative estimate of drug-likeness (QED) is 0.731. The average molecular weight is 406 g/mol. The summed E-state index contributed by atoms with van der Waals surface area (Å²) in [6.07, 6.45) is -4.64. The van der Waals surface area contributed by atoms with Crippen LogP contribution < -0.4 is 0 Å². The fourth-order valence-electron chi connectivity index (χ4n) is 3.33. The van der Waals surface area contributed by atoms with Gasteiger partial charge in [-0.15, -0.1) is 0 Å². The summed E-state index contributed by atoms with van der Waals surface area (Å²) in [4.78, 5) is 0.00664. The smallest absolute Gasteiger partial charge is 0.297 e. The van der Waals surface area contributed by atoms with Gasteiger partial charge in [0.05, 0.1) is 18.1 Å². The van der Waals surface area contributed by atoms with Gasteiger partial charge >= 0.3 is 0 Å². The van der Waals surface area contributed by atoms with Crippen molar-refractivity contribution in [3.05, 3.63) is 65.7 Å². The topological polar surface area (TPSA) is 91.3 Å². The molecule has 2 aliphatic rings. The molecule has 7 nitrogen and oxygen atoms in total. The molecule has 2 aromatic rings. The molecular formula is C20H22O7S. The Morgan fingerprint density at radius 2 is 1.79 bits per heavy atom. The van der Waals surface area contributed by atoms with Crippen LogP contribution in [0.3, 0.4) is 0 Å². The molecule has 150 valence electrons. The third-order valence-corrected chi connectivity index (χ3v) is 6.20. The van der Waals surface area contributed by atoms with Crippen molar-refractivity contribution in [3.8, 4) is 0 Å². The third kappa shape index (κ3) is 3.98. The maximum absolute atomic E-state index is 12.6. The van der Waals surface area contributed by atoms with E-state index in [0.717, 1.165) is 11.1 Å². The van der Waals surface area contributed by atoms with Gasteiger partial charge in [-0.05, 0) is 24.6 Å². The van der Waals surface area contributed by atoms with Gasteiger partial charge < -0.3 is 19.3 Å². The van der Waals surface area contributed by atoms with E-state index in [4.69, 9.17) is 18.4 Å². The lowest BCUT2D eigenvalue weighted by molar-refractivity contribution is -0.232. The molecule has 0 spiro atoms. The lowest BCUT2D eigenvalue weighted by Crippen LogP contribution is -2.56. The fraction of sp³-hybridized carbons (Fsp3) is 0.400. The number of ether oxygens (including phenoxy) is 3. The van der Waals surface area contributed by atoms with E-state index in [1.54, 1.807) is 12.1 Å². The van der Waals surface area contributed by atoms with Gasteiger partial charge in [-0.25, -0.2) is 0 Å². The predicted molar refractivity (Wildman–Crippen MR) is 98.9 cm³/mol. The van der Waals surface area contributed by atoms with E-state index in [1.165, 1.54) is 12.1 Å². The molecule has 0 aromatic heterocycles. The summed E-state index contributed by atoms with van der Waals surface area (Å²) < 4.78 is 47.6. The zero-order chi connectivity index (χ0) is 19.7. The van der Waals surface area contributed by atoms with Crippen LogP contribution in [-0.4, -0.2) is 50.8 Å². The van der Waals surface area contributed by atoms with Crippen LogP contribution in [0.4, 0.5) is 0 Å². The Hall–Kier alpha value is -1.81. The molecular weight excluding hydrogens is 384 g/mol. The van der Waals surface area contributed by atoms with Crippen molar-refractivity contribution in [1.29, 1.82) is 0 Å². The van der Waals surface area contributed by atoms with Crippen molar-refractivity contribution in [2.24, 2.45) is 0 Å². The summed E-state index contributed by atoms with van der Waals surface area (Å²) >= 11 is 0. The van der Waals surface area contributed by atoms with Gasteiger partial charge in [-0.2, -0.15) is 8.42 Å². The number of aliphatic hydroxyl groups is 1. The van der Waals surface area contributed by atoms with Crippen LogP contribution in [0.5, 0.6) is 0 Å². The first-order valence-corrected chi connectivity index (χ1v) is 10.5. The van der Waals surface area contributed by atoms with Crippen molar-refractivity contribution >= 4 is 10.1 Å². The molecule has 2 saturated heterocycles. The van der Waals surface area contributed by atoms with Gasteiger partial charge in [-0.1, -0.05) is 48.0 Å². The molecule has 8 heteroatoms. The number of rotatable bonds is 6. The van der Waals surface area contributed by atoms with Crippen LogP contribution in [0.1, 0.15) is 11.1 Å². The maximum Gasteiger partial charge on any atom is 0.297 e. The van der Waals surface area contributed by atoms with Gasteiger partial charge in [0.2, 0.25) is 0 Å². The summed E-state index contributed by atoms with van der Waals surface area (Å²) in [5.41, 5.74) is 1.86. The van der Waals surface area contributed by atoms with E-state index >= 15 is 0 Å². The molecule has 2 fully saturated rings. The molecule has 5 atom stereocenters. The standard InChI is InChI=1S/C20H22O7S/c1-13-7-9-15(10-8-13)28(22,23)27-19-17(21)18(16-12-25-20(19)26-16)24-11-14-5-3-2-4-6-14/h2-10,16-21H,11-12H2,1H3. The van der Waals surface area contributed by atoms with E-state index in [0.29, 0.717) is 0 Å². The highest BCUT2D eigenvalue weighted by Crippen LogP contribution is 2.34. The van der Waals surface area contributed by atoms with E-state index in [9.17, 15) is 13.5 Å². The fourth-order valence-corrected chi connectivity index (χ4v) is 4.41. The Kier molecular flexibility index (Phi) is 5.50. The molecule has 0 aliphatic carbocycles. The SMILES string of the molecule is Cc1ccc(S(=O)(=O)OC2C3OCC(O3)C(OCc3ccccc3)C2O)cc1. The van der Waals surface area contributed by atoms with E-state index in [2.05, 4.69) is 0 Å².